The van der Waals surface area contributed by atoms with Crippen molar-refractivity contribution in [2.75, 3.05) is 11.5 Å². The van der Waals surface area contributed by atoms with E-state index < -0.39 is 21.9 Å². The fourth-order valence-corrected chi connectivity index (χ4v) is 6.44. The zero-order chi connectivity index (χ0) is 24.6. The van der Waals surface area contributed by atoms with Crippen molar-refractivity contribution < 1.29 is 26.4 Å². The van der Waals surface area contributed by atoms with E-state index in [1.54, 1.807) is 6.07 Å². The summed E-state index contributed by atoms with van der Waals surface area (Å²) < 4.78 is 64.0. The molecule has 0 aromatic heterocycles. The van der Waals surface area contributed by atoms with Gasteiger partial charge in [-0.25, -0.2) is 8.42 Å². The predicted molar refractivity (Wildman–Crippen MR) is 129 cm³/mol. The van der Waals surface area contributed by atoms with Crippen molar-refractivity contribution in [1.29, 1.82) is 0 Å². The number of halogens is 7. The number of hydrogen-bond acceptors (Lipinski definition) is 3. The maximum absolute atomic E-state index is 13.7. The standard InChI is InChI=1S/C22H17BrCl3F3O3S/c23-17-7-12(1-4-15(17)20(30)6-3-13-10-33(31,32)11-13)2-5-16(22(27,28)29)14-8-18(24)21(26)19(25)9-14/h1-2,4-5,7-9,13,16H,3,6,10-11H2/b5-2+. The molecule has 1 atom stereocenters. The first-order valence-electron chi connectivity index (χ1n) is 9.69. The first kappa shape index (κ1) is 26.5. The van der Waals surface area contributed by atoms with Gasteiger partial charge >= 0.3 is 6.18 Å². The highest BCUT2D eigenvalue weighted by Crippen LogP contribution is 2.41. The highest BCUT2D eigenvalue weighted by molar-refractivity contribution is 9.10. The van der Waals surface area contributed by atoms with Crippen LogP contribution in [0.4, 0.5) is 13.2 Å². The van der Waals surface area contributed by atoms with Gasteiger partial charge in [-0.15, -0.1) is 0 Å². The molecule has 1 fully saturated rings. The van der Waals surface area contributed by atoms with Gasteiger partial charge in [0.05, 0.1) is 32.5 Å². The zero-order valence-electron chi connectivity index (χ0n) is 16.8. The summed E-state index contributed by atoms with van der Waals surface area (Å²) in [6.45, 7) is 0. The van der Waals surface area contributed by atoms with Crippen LogP contribution in [0.3, 0.4) is 0 Å². The minimum atomic E-state index is -4.60. The van der Waals surface area contributed by atoms with E-state index in [0.29, 0.717) is 22.0 Å². The Kier molecular flexibility index (Phi) is 8.27. The third kappa shape index (κ3) is 6.75. The van der Waals surface area contributed by atoms with Crippen LogP contribution in [-0.4, -0.2) is 31.9 Å². The first-order valence-corrected chi connectivity index (χ1v) is 13.4. The number of sulfone groups is 1. The number of allylic oxidation sites excluding steroid dienone is 1. The molecule has 178 valence electrons. The lowest BCUT2D eigenvalue weighted by Gasteiger charge is -2.25. The summed E-state index contributed by atoms with van der Waals surface area (Å²) in [5.41, 5.74) is 0.684. The van der Waals surface area contributed by atoms with Gasteiger partial charge in [-0.05, 0) is 47.7 Å². The van der Waals surface area contributed by atoms with Gasteiger partial charge in [0.1, 0.15) is 0 Å². The molecule has 0 bridgehead atoms. The molecule has 1 unspecified atom stereocenters. The molecular weight excluding hydrogens is 588 g/mol. The minimum Gasteiger partial charge on any atom is -0.294 e. The SMILES string of the molecule is O=C(CCC1CS(=O)(=O)C1)c1ccc(/C=C/C(c2cc(Cl)c(Cl)c(Cl)c2)C(F)(F)F)cc1Br. The Bertz CT molecular complexity index is 1180. The number of rotatable bonds is 7. The highest BCUT2D eigenvalue weighted by atomic mass is 79.9. The van der Waals surface area contributed by atoms with Gasteiger partial charge in [-0.3, -0.25) is 4.79 Å². The van der Waals surface area contributed by atoms with Crippen molar-refractivity contribution in [3.05, 3.63) is 72.6 Å². The normalized spacial score (nSPS) is 17.2. The van der Waals surface area contributed by atoms with Crippen LogP contribution in [0.1, 0.15) is 40.2 Å². The van der Waals surface area contributed by atoms with Crippen molar-refractivity contribution in [2.45, 2.75) is 24.9 Å². The summed E-state index contributed by atoms with van der Waals surface area (Å²) in [6, 6.07) is 6.87. The van der Waals surface area contributed by atoms with E-state index in [2.05, 4.69) is 15.9 Å². The van der Waals surface area contributed by atoms with Gasteiger partial charge in [-0.2, -0.15) is 13.2 Å². The van der Waals surface area contributed by atoms with Crippen LogP contribution in [0.5, 0.6) is 0 Å². The monoisotopic (exact) mass is 602 g/mol. The second kappa shape index (κ2) is 10.3. The molecule has 0 spiro atoms. The fraction of sp³-hybridized carbons (Fsp3) is 0.318. The second-order valence-electron chi connectivity index (χ2n) is 7.82. The van der Waals surface area contributed by atoms with Crippen LogP contribution in [0, 0.1) is 5.92 Å². The number of Topliss-reactive ketones (excluding diaryl/α,β-unsaturated/α-hetero) is 1. The number of ketones is 1. The van der Waals surface area contributed by atoms with Crippen molar-refractivity contribution >= 4 is 72.4 Å². The number of alkyl halides is 3. The molecule has 0 radical (unpaired) electrons. The molecule has 2 aromatic carbocycles. The van der Waals surface area contributed by atoms with Crippen LogP contribution < -0.4 is 0 Å². The molecule has 1 heterocycles. The third-order valence-electron chi connectivity index (χ3n) is 5.25. The summed E-state index contributed by atoms with van der Waals surface area (Å²) in [5.74, 6) is -1.93. The number of carbonyl (C=O) groups is 1. The van der Waals surface area contributed by atoms with Crippen molar-refractivity contribution in [1.82, 2.24) is 0 Å². The average Bonchev–Trinajstić information content (AvgIpc) is 2.67. The summed E-state index contributed by atoms with van der Waals surface area (Å²) in [4.78, 5) is 12.5. The van der Waals surface area contributed by atoms with Gasteiger partial charge in [0.15, 0.2) is 15.6 Å². The molecule has 1 saturated heterocycles. The van der Waals surface area contributed by atoms with E-state index in [-0.39, 0.29) is 50.3 Å². The predicted octanol–water partition coefficient (Wildman–Crippen LogP) is 7.78. The molecule has 3 rings (SSSR count). The maximum Gasteiger partial charge on any atom is 0.399 e. The molecule has 0 saturated carbocycles. The van der Waals surface area contributed by atoms with E-state index in [9.17, 15) is 26.4 Å². The lowest BCUT2D eigenvalue weighted by atomic mass is 9.96. The van der Waals surface area contributed by atoms with Gasteiger partial charge in [-0.1, -0.05) is 69.0 Å². The van der Waals surface area contributed by atoms with Gasteiger partial charge in [0.25, 0.3) is 0 Å². The van der Waals surface area contributed by atoms with E-state index in [0.717, 1.165) is 18.2 Å². The molecule has 1 aliphatic rings. The zero-order valence-corrected chi connectivity index (χ0v) is 21.5. The fourth-order valence-electron chi connectivity index (χ4n) is 3.54. The molecule has 3 nitrogen and oxygen atoms in total. The Morgan fingerprint density at radius 1 is 1.12 bits per heavy atom. The van der Waals surface area contributed by atoms with Crippen LogP contribution in [0.15, 0.2) is 40.9 Å². The summed E-state index contributed by atoms with van der Waals surface area (Å²) >= 11 is 20.9. The summed E-state index contributed by atoms with van der Waals surface area (Å²) in [5, 5.41) is -0.172. The van der Waals surface area contributed by atoms with E-state index >= 15 is 0 Å². The molecule has 0 amide bonds. The molecule has 0 aliphatic carbocycles. The molecule has 0 N–H and O–H groups in total. The topological polar surface area (TPSA) is 51.2 Å². The Hall–Kier alpha value is -1.06. The number of hydrogen-bond donors (Lipinski definition) is 0. The van der Waals surface area contributed by atoms with E-state index in [4.69, 9.17) is 34.8 Å². The second-order valence-corrected chi connectivity index (χ2v) is 12.0. The van der Waals surface area contributed by atoms with Gasteiger partial charge in [0, 0.05) is 16.5 Å². The van der Waals surface area contributed by atoms with Crippen molar-refractivity contribution in [3.63, 3.8) is 0 Å². The Labute approximate surface area is 213 Å². The maximum atomic E-state index is 13.7. The summed E-state index contributed by atoms with van der Waals surface area (Å²) in [7, 11) is -2.94. The Balaban J connectivity index is 1.75. The summed E-state index contributed by atoms with van der Waals surface area (Å²) in [6.07, 6.45) is -1.64. The Morgan fingerprint density at radius 2 is 1.73 bits per heavy atom. The molecular formula is C22H17BrCl3F3O3S. The Morgan fingerprint density at radius 3 is 2.24 bits per heavy atom. The first-order chi connectivity index (χ1) is 15.3. The highest BCUT2D eigenvalue weighted by Gasteiger charge is 2.39. The van der Waals surface area contributed by atoms with Crippen LogP contribution in [0.25, 0.3) is 6.08 Å². The third-order valence-corrected chi connectivity index (χ3v) is 9.06. The quantitative estimate of drug-likeness (QED) is 0.240. The van der Waals surface area contributed by atoms with E-state index in [1.165, 1.54) is 18.2 Å². The van der Waals surface area contributed by atoms with Gasteiger partial charge < -0.3 is 0 Å². The molecule has 11 heteroatoms. The van der Waals surface area contributed by atoms with Crippen LogP contribution >= 0.6 is 50.7 Å². The molecule has 1 aliphatic heterocycles. The largest absolute Gasteiger partial charge is 0.399 e. The lowest BCUT2D eigenvalue weighted by molar-refractivity contribution is -0.139. The van der Waals surface area contributed by atoms with Crippen LogP contribution in [-0.2, 0) is 9.84 Å². The lowest BCUT2D eigenvalue weighted by Crippen LogP contribution is -2.36. The van der Waals surface area contributed by atoms with Crippen LogP contribution in [0.2, 0.25) is 15.1 Å². The number of carbonyl (C=O) groups excluding carboxylic acids is 1. The smallest absolute Gasteiger partial charge is 0.294 e. The average molecular weight is 605 g/mol. The van der Waals surface area contributed by atoms with E-state index in [1.807, 2.05) is 0 Å². The van der Waals surface area contributed by atoms with Crippen molar-refractivity contribution in [2.24, 2.45) is 5.92 Å². The van der Waals surface area contributed by atoms with Gasteiger partial charge in [0.2, 0.25) is 0 Å². The molecule has 2 aromatic rings. The molecule has 33 heavy (non-hydrogen) atoms. The van der Waals surface area contributed by atoms with Crippen molar-refractivity contribution in [3.8, 4) is 0 Å². The number of benzene rings is 2. The minimum absolute atomic E-state index is 0.00545.